The van der Waals surface area contributed by atoms with Crippen LogP contribution in [0.4, 0.5) is 5.69 Å². The number of carbonyl (C=O) groups excluding carboxylic acids is 2. The van der Waals surface area contributed by atoms with Gasteiger partial charge in [0.05, 0.1) is 0 Å². The van der Waals surface area contributed by atoms with Gasteiger partial charge in [0.15, 0.2) is 6.61 Å². The first-order chi connectivity index (χ1) is 14.6. The summed E-state index contributed by atoms with van der Waals surface area (Å²) in [5, 5.41) is 2.79. The predicted octanol–water partition coefficient (Wildman–Crippen LogP) is 5.85. The zero-order valence-corrected chi connectivity index (χ0v) is 17.7. The number of hydrogen-bond donors (Lipinski definition) is 1. The third-order valence-corrected chi connectivity index (χ3v) is 5.43. The van der Waals surface area contributed by atoms with Crippen molar-refractivity contribution in [3.8, 4) is 11.5 Å². The average molecular weight is 410 g/mol. The Bertz CT molecular complexity index is 808. The van der Waals surface area contributed by atoms with E-state index in [0.717, 1.165) is 12.8 Å². The van der Waals surface area contributed by atoms with Crippen molar-refractivity contribution < 1.29 is 19.1 Å². The van der Waals surface area contributed by atoms with E-state index in [1.54, 1.807) is 24.3 Å². The molecule has 3 rings (SSSR count). The molecule has 0 bridgehead atoms. The lowest BCUT2D eigenvalue weighted by atomic mass is 9.84. The molecule has 0 spiro atoms. The number of anilines is 1. The van der Waals surface area contributed by atoms with Crippen molar-refractivity contribution in [3.05, 3.63) is 54.1 Å². The maximum absolute atomic E-state index is 12.2. The summed E-state index contributed by atoms with van der Waals surface area (Å²) in [5.41, 5.74) is 1.99. The second kappa shape index (κ2) is 11.4. The zero-order chi connectivity index (χ0) is 21.2. The van der Waals surface area contributed by atoms with Crippen molar-refractivity contribution in [1.82, 2.24) is 0 Å². The summed E-state index contributed by atoms with van der Waals surface area (Å²) in [4.78, 5) is 23.8. The fourth-order valence-electron chi connectivity index (χ4n) is 3.73. The van der Waals surface area contributed by atoms with Crippen LogP contribution in [0.25, 0.3) is 0 Å². The Morgan fingerprint density at radius 3 is 2.27 bits per heavy atom. The standard InChI is InChI=1S/C25H31NO4/c1-2-3-9-25(28)30-23-16-12-21(13-17-23)26-24(27)18-29-22-14-10-20(11-15-22)19-7-5-4-6-8-19/h10-17,19H,2-9,18H2,1H3,(H,26,27). The summed E-state index contributed by atoms with van der Waals surface area (Å²) in [6, 6.07) is 14.9. The van der Waals surface area contributed by atoms with Crippen LogP contribution in [0.15, 0.2) is 48.5 Å². The molecule has 0 aromatic heterocycles. The van der Waals surface area contributed by atoms with E-state index >= 15 is 0 Å². The number of hydrogen-bond acceptors (Lipinski definition) is 4. The van der Waals surface area contributed by atoms with Gasteiger partial charge in [-0.15, -0.1) is 0 Å². The third kappa shape index (κ3) is 6.90. The Balaban J connectivity index is 1.42. The molecule has 1 aliphatic rings. The van der Waals surface area contributed by atoms with Crippen LogP contribution in [0, 0.1) is 0 Å². The highest BCUT2D eigenvalue weighted by Crippen LogP contribution is 2.33. The van der Waals surface area contributed by atoms with Gasteiger partial charge in [0.2, 0.25) is 0 Å². The van der Waals surface area contributed by atoms with Gasteiger partial charge in [-0.3, -0.25) is 9.59 Å². The molecule has 5 heteroatoms. The first kappa shape index (κ1) is 21.9. The summed E-state index contributed by atoms with van der Waals surface area (Å²) >= 11 is 0. The quantitative estimate of drug-likeness (QED) is 0.417. The number of ether oxygens (including phenoxy) is 2. The van der Waals surface area contributed by atoms with E-state index in [2.05, 4.69) is 17.4 Å². The van der Waals surface area contributed by atoms with E-state index in [1.807, 2.05) is 19.1 Å². The first-order valence-corrected chi connectivity index (χ1v) is 11.0. The minimum Gasteiger partial charge on any atom is -0.484 e. The van der Waals surface area contributed by atoms with Gasteiger partial charge in [-0.05, 0) is 67.1 Å². The second-order valence-electron chi connectivity index (χ2n) is 7.84. The van der Waals surface area contributed by atoms with Crippen LogP contribution in [0.2, 0.25) is 0 Å². The van der Waals surface area contributed by atoms with Crippen molar-refractivity contribution in [3.63, 3.8) is 0 Å². The Labute approximate surface area is 178 Å². The van der Waals surface area contributed by atoms with Crippen LogP contribution in [-0.2, 0) is 9.59 Å². The number of carbonyl (C=O) groups is 2. The SMILES string of the molecule is CCCCC(=O)Oc1ccc(NC(=O)COc2ccc(C3CCCCC3)cc2)cc1. The number of nitrogens with one attached hydrogen (secondary N) is 1. The van der Waals surface area contributed by atoms with Gasteiger partial charge in [-0.25, -0.2) is 0 Å². The van der Waals surface area contributed by atoms with Crippen molar-refractivity contribution in [2.24, 2.45) is 0 Å². The van der Waals surface area contributed by atoms with Crippen LogP contribution < -0.4 is 14.8 Å². The highest BCUT2D eigenvalue weighted by molar-refractivity contribution is 5.91. The van der Waals surface area contributed by atoms with Gasteiger partial charge in [-0.1, -0.05) is 44.7 Å². The third-order valence-electron chi connectivity index (χ3n) is 5.43. The summed E-state index contributed by atoms with van der Waals surface area (Å²) in [7, 11) is 0. The summed E-state index contributed by atoms with van der Waals surface area (Å²) in [6.45, 7) is 1.97. The maximum Gasteiger partial charge on any atom is 0.311 e. The molecule has 0 aliphatic heterocycles. The molecule has 0 saturated heterocycles. The fourth-order valence-corrected chi connectivity index (χ4v) is 3.73. The minimum absolute atomic E-state index is 0.0590. The van der Waals surface area contributed by atoms with Gasteiger partial charge >= 0.3 is 5.97 Å². The molecule has 2 aromatic rings. The molecular formula is C25H31NO4. The van der Waals surface area contributed by atoms with Gasteiger partial charge in [0.1, 0.15) is 11.5 Å². The van der Waals surface area contributed by atoms with E-state index in [4.69, 9.17) is 9.47 Å². The van der Waals surface area contributed by atoms with Crippen molar-refractivity contribution >= 4 is 17.6 Å². The lowest BCUT2D eigenvalue weighted by molar-refractivity contribution is -0.134. The molecule has 0 atom stereocenters. The number of rotatable bonds is 9. The highest BCUT2D eigenvalue weighted by atomic mass is 16.5. The maximum atomic E-state index is 12.2. The number of esters is 1. The molecule has 0 unspecified atom stereocenters. The van der Waals surface area contributed by atoms with E-state index in [1.165, 1.54) is 37.7 Å². The molecule has 1 N–H and O–H groups in total. The summed E-state index contributed by atoms with van der Waals surface area (Å²) in [6.07, 6.45) is 8.67. The lowest BCUT2D eigenvalue weighted by Gasteiger charge is -2.22. The van der Waals surface area contributed by atoms with Crippen molar-refractivity contribution in [1.29, 1.82) is 0 Å². The summed E-state index contributed by atoms with van der Waals surface area (Å²) in [5.74, 6) is 1.35. The van der Waals surface area contributed by atoms with E-state index in [-0.39, 0.29) is 18.5 Å². The van der Waals surface area contributed by atoms with Crippen LogP contribution in [-0.4, -0.2) is 18.5 Å². The molecule has 30 heavy (non-hydrogen) atoms. The largest absolute Gasteiger partial charge is 0.484 e. The number of benzene rings is 2. The molecule has 1 aliphatic carbocycles. The first-order valence-electron chi connectivity index (χ1n) is 11.0. The Morgan fingerprint density at radius 2 is 1.60 bits per heavy atom. The monoisotopic (exact) mass is 409 g/mol. The average Bonchev–Trinajstić information content (AvgIpc) is 2.78. The zero-order valence-electron chi connectivity index (χ0n) is 17.7. The van der Waals surface area contributed by atoms with E-state index in [0.29, 0.717) is 29.5 Å². The number of amides is 1. The van der Waals surface area contributed by atoms with E-state index in [9.17, 15) is 9.59 Å². The molecule has 1 saturated carbocycles. The molecule has 1 fully saturated rings. The van der Waals surface area contributed by atoms with E-state index < -0.39 is 0 Å². The molecule has 0 radical (unpaired) electrons. The van der Waals surface area contributed by atoms with Crippen molar-refractivity contribution in [2.45, 2.75) is 64.2 Å². The Hall–Kier alpha value is -2.82. The second-order valence-corrected chi connectivity index (χ2v) is 7.84. The topological polar surface area (TPSA) is 64.6 Å². The highest BCUT2D eigenvalue weighted by Gasteiger charge is 2.15. The molecule has 160 valence electrons. The molecule has 2 aromatic carbocycles. The van der Waals surface area contributed by atoms with Gasteiger partial charge in [-0.2, -0.15) is 0 Å². The smallest absolute Gasteiger partial charge is 0.311 e. The van der Waals surface area contributed by atoms with Crippen LogP contribution in [0.5, 0.6) is 11.5 Å². The van der Waals surface area contributed by atoms with Gasteiger partial charge in [0, 0.05) is 12.1 Å². The number of unbranched alkanes of at least 4 members (excludes halogenated alkanes) is 1. The molecule has 1 amide bonds. The molecule has 5 nitrogen and oxygen atoms in total. The normalized spacial score (nSPS) is 14.2. The van der Waals surface area contributed by atoms with Gasteiger partial charge in [0.25, 0.3) is 5.91 Å². The lowest BCUT2D eigenvalue weighted by Crippen LogP contribution is -2.20. The Kier molecular flexibility index (Phi) is 8.30. The van der Waals surface area contributed by atoms with Crippen LogP contribution >= 0.6 is 0 Å². The minimum atomic E-state index is -0.239. The Morgan fingerprint density at radius 1 is 0.933 bits per heavy atom. The summed E-state index contributed by atoms with van der Waals surface area (Å²) < 4.78 is 10.9. The fraction of sp³-hybridized carbons (Fsp3) is 0.440. The molecular weight excluding hydrogens is 378 g/mol. The van der Waals surface area contributed by atoms with Crippen molar-refractivity contribution in [2.75, 3.05) is 11.9 Å². The molecule has 0 heterocycles. The van der Waals surface area contributed by atoms with Crippen LogP contribution in [0.3, 0.4) is 0 Å². The van der Waals surface area contributed by atoms with Crippen LogP contribution in [0.1, 0.15) is 69.8 Å². The van der Waals surface area contributed by atoms with Gasteiger partial charge < -0.3 is 14.8 Å². The predicted molar refractivity (Wildman–Crippen MR) is 118 cm³/mol.